The van der Waals surface area contributed by atoms with Crippen LogP contribution in [0.15, 0.2) is 24.3 Å². The number of carbonyl (C=O) groups is 3. The van der Waals surface area contributed by atoms with E-state index in [1.807, 2.05) is 0 Å². The second-order valence-electron chi connectivity index (χ2n) is 8.34. The maximum atomic E-state index is 13.0. The number of nitrogens with one attached hydrogen (secondary N) is 4. The van der Waals surface area contributed by atoms with Crippen molar-refractivity contribution in [2.24, 2.45) is 11.8 Å². The number of rotatable bonds is 4. The van der Waals surface area contributed by atoms with Gasteiger partial charge in [-0.1, -0.05) is 12.5 Å². The molecule has 4 N–H and O–H groups in total. The lowest BCUT2D eigenvalue weighted by Crippen LogP contribution is -2.75. The Balaban J connectivity index is 1.50. The summed E-state index contributed by atoms with van der Waals surface area (Å²) in [4.78, 5) is 50.9. The molecule has 5 unspecified atom stereocenters. The van der Waals surface area contributed by atoms with E-state index in [4.69, 9.17) is 0 Å². The number of nitro benzene ring substituents is 1. The van der Waals surface area contributed by atoms with Crippen LogP contribution < -0.4 is 21.3 Å². The normalized spacial score (nSPS) is 31.2. The standard InChI is InChI=1S/C20H26N6O5/c1-11-5-2-3-8-25(11)20-23-17-16(19(29)24-20)14(10-15(27)22-17)18(28)21-12-6-4-7-13(9-12)26(30)31/h4,6-7,9,11,14,16-17,20,23H,2-3,5,8,10H2,1H3,(H,21,28)(H,22,27)(H,24,29). The molecule has 3 aliphatic rings. The summed E-state index contributed by atoms with van der Waals surface area (Å²) in [6.07, 6.45) is 1.98. The van der Waals surface area contributed by atoms with Gasteiger partial charge in [-0.15, -0.1) is 0 Å². The van der Waals surface area contributed by atoms with E-state index >= 15 is 0 Å². The van der Waals surface area contributed by atoms with E-state index in [1.165, 1.54) is 24.3 Å². The third kappa shape index (κ3) is 4.37. The van der Waals surface area contributed by atoms with Crippen LogP contribution in [0.5, 0.6) is 0 Å². The highest BCUT2D eigenvalue weighted by Gasteiger charge is 2.49. The zero-order chi connectivity index (χ0) is 22.1. The van der Waals surface area contributed by atoms with E-state index < -0.39 is 35.1 Å². The van der Waals surface area contributed by atoms with Crippen LogP contribution in [0.2, 0.25) is 0 Å². The van der Waals surface area contributed by atoms with Crippen molar-refractivity contribution in [3.05, 3.63) is 34.4 Å². The molecule has 1 aromatic rings. The van der Waals surface area contributed by atoms with Gasteiger partial charge in [0, 0.05) is 36.8 Å². The van der Waals surface area contributed by atoms with Crippen LogP contribution in [0, 0.1) is 22.0 Å². The SMILES string of the molecule is CC1CCCCN1C1NC(=O)C2C(NC(=O)CC2C(=O)Nc2cccc([N+](=O)[O-])c2)N1. The fraction of sp³-hybridized carbons (Fsp3) is 0.550. The molecule has 0 saturated carbocycles. The first kappa shape index (κ1) is 21.2. The van der Waals surface area contributed by atoms with E-state index in [9.17, 15) is 24.5 Å². The van der Waals surface area contributed by atoms with Crippen LogP contribution in [0.4, 0.5) is 11.4 Å². The predicted octanol–water partition coefficient (Wildman–Crippen LogP) is 0.489. The van der Waals surface area contributed by atoms with Crippen molar-refractivity contribution in [1.82, 2.24) is 20.9 Å². The molecule has 166 valence electrons. The molecule has 31 heavy (non-hydrogen) atoms. The molecule has 0 radical (unpaired) electrons. The number of piperidine rings is 2. The van der Waals surface area contributed by atoms with Crippen molar-refractivity contribution in [1.29, 1.82) is 0 Å². The third-order valence-corrected chi connectivity index (χ3v) is 6.28. The minimum Gasteiger partial charge on any atom is -0.340 e. The molecule has 3 aliphatic heterocycles. The highest BCUT2D eigenvalue weighted by atomic mass is 16.6. The van der Waals surface area contributed by atoms with Crippen LogP contribution in [-0.2, 0) is 14.4 Å². The molecule has 5 atom stereocenters. The molecule has 4 rings (SSSR count). The highest BCUT2D eigenvalue weighted by molar-refractivity contribution is 6.00. The molecule has 11 nitrogen and oxygen atoms in total. The summed E-state index contributed by atoms with van der Waals surface area (Å²) in [7, 11) is 0. The number of anilines is 1. The van der Waals surface area contributed by atoms with E-state index in [-0.39, 0.29) is 35.7 Å². The van der Waals surface area contributed by atoms with Crippen LogP contribution in [0.3, 0.4) is 0 Å². The number of non-ortho nitro benzene ring substituents is 1. The lowest BCUT2D eigenvalue weighted by Gasteiger charge is -2.48. The molecule has 1 aromatic carbocycles. The Hall–Kier alpha value is -3.05. The number of likely N-dealkylation sites (tertiary alicyclic amines) is 1. The van der Waals surface area contributed by atoms with Crippen LogP contribution in [-0.4, -0.2) is 52.6 Å². The monoisotopic (exact) mass is 430 g/mol. The number of hydrogen-bond acceptors (Lipinski definition) is 7. The van der Waals surface area contributed by atoms with Gasteiger partial charge in [-0.3, -0.25) is 34.7 Å². The molecule has 0 aliphatic carbocycles. The maximum Gasteiger partial charge on any atom is 0.271 e. The summed E-state index contributed by atoms with van der Waals surface area (Å²) >= 11 is 0. The van der Waals surface area contributed by atoms with Crippen molar-refractivity contribution in [3.8, 4) is 0 Å². The Kier molecular flexibility index (Phi) is 5.88. The lowest BCUT2D eigenvalue weighted by atomic mass is 9.81. The molecular weight excluding hydrogens is 404 g/mol. The number of hydrogen-bond donors (Lipinski definition) is 4. The van der Waals surface area contributed by atoms with Gasteiger partial charge in [0.15, 0.2) is 0 Å². The van der Waals surface area contributed by atoms with Crippen LogP contribution >= 0.6 is 0 Å². The van der Waals surface area contributed by atoms with E-state index in [0.717, 1.165) is 25.8 Å². The molecule has 3 amide bonds. The summed E-state index contributed by atoms with van der Waals surface area (Å²) in [6.45, 7) is 2.94. The molecule has 11 heteroatoms. The average Bonchev–Trinajstić information content (AvgIpc) is 2.73. The minimum absolute atomic E-state index is 0.137. The summed E-state index contributed by atoms with van der Waals surface area (Å²) in [5.74, 6) is -2.83. The smallest absolute Gasteiger partial charge is 0.271 e. The highest BCUT2D eigenvalue weighted by Crippen LogP contribution is 2.30. The van der Waals surface area contributed by atoms with Gasteiger partial charge in [-0.2, -0.15) is 0 Å². The van der Waals surface area contributed by atoms with Crippen molar-refractivity contribution < 1.29 is 19.3 Å². The first-order chi connectivity index (χ1) is 14.8. The zero-order valence-corrected chi connectivity index (χ0v) is 17.2. The minimum atomic E-state index is -0.898. The Morgan fingerprint density at radius 1 is 1.26 bits per heavy atom. The van der Waals surface area contributed by atoms with Gasteiger partial charge >= 0.3 is 0 Å². The lowest BCUT2D eigenvalue weighted by molar-refractivity contribution is -0.384. The summed E-state index contributed by atoms with van der Waals surface area (Å²) in [5.41, 5.74) is 0.0820. The van der Waals surface area contributed by atoms with E-state index in [1.54, 1.807) is 0 Å². The van der Waals surface area contributed by atoms with Gasteiger partial charge in [0.25, 0.3) is 5.69 Å². The number of nitro groups is 1. The van der Waals surface area contributed by atoms with Crippen molar-refractivity contribution in [3.63, 3.8) is 0 Å². The largest absolute Gasteiger partial charge is 0.340 e. The first-order valence-corrected chi connectivity index (χ1v) is 10.5. The molecule has 0 spiro atoms. The molecular formula is C20H26N6O5. The van der Waals surface area contributed by atoms with Gasteiger partial charge in [-0.05, 0) is 25.8 Å². The van der Waals surface area contributed by atoms with Crippen molar-refractivity contribution >= 4 is 29.1 Å². The third-order valence-electron chi connectivity index (χ3n) is 6.28. The first-order valence-electron chi connectivity index (χ1n) is 10.5. The second-order valence-corrected chi connectivity index (χ2v) is 8.34. The van der Waals surface area contributed by atoms with E-state index in [2.05, 4.69) is 33.1 Å². The van der Waals surface area contributed by atoms with Crippen molar-refractivity contribution in [2.75, 3.05) is 11.9 Å². The van der Waals surface area contributed by atoms with Gasteiger partial charge < -0.3 is 16.0 Å². The molecule has 3 fully saturated rings. The maximum absolute atomic E-state index is 13.0. The summed E-state index contributed by atoms with van der Waals surface area (Å²) in [5, 5.41) is 22.6. The fourth-order valence-corrected chi connectivity index (χ4v) is 4.67. The fourth-order valence-electron chi connectivity index (χ4n) is 4.67. The summed E-state index contributed by atoms with van der Waals surface area (Å²) < 4.78 is 0. The molecule has 3 saturated heterocycles. The zero-order valence-electron chi connectivity index (χ0n) is 17.2. The van der Waals surface area contributed by atoms with Crippen LogP contribution in [0.1, 0.15) is 32.6 Å². The Labute approximate surface area is 179 Å². The average molecular weight is 430 g/mol. The van der Waals surface area contributed by atoms with Crippen LogP contribution in [0.25, 0.3) is 0 Å². The summed E-state index contributed by atoms with van der Waals surface area (Å²) in [6, 6.07) is 5.84. The quantitative estimate of drug-likeness (QED) is 0.402. The number of amides is 3. The predicted molar refractivity (Wildman–Crippen MR) is 110 cm³/mol. The van der Waals surface area contributed by atoms with Gasteiger partial charge in [0.1, 0.15) is 6.29 Å². The Morgan fingerprint density at radius 2 is 2.06 bits per heavy atom. The number of nitrogens with zero attached hydrogens (tertiary/aromatic N) is 2. The number of carbonyl (C=O) groups excluding carboxylic acids is 3. The van der Waals surface area contributed by atoms with E-state index in [0.29, 0.717) is 0 Å². The number of fused-ring (bicyclic) bond motifs is 1. The molecule has 0 bridgehead atoms. The second kappa shape index (κ2) is 8.60. The van der Waals surface area contributed by atoms with Crippen molar-refractivity contribution in [2.45, 2.75) is 51.1 Å². The topological polar surface area (TPSA) is 146 Å². The van der Waals surface area contributed by atoms with Gasteiger partial charge in [0.2, 0.25) is 17.7 Å². The van der Waals surface area contributed by atoms with Gasteiger partial charge in [-0.25, -0.2) is 0 Å². The molecule has 3 heterocycles. The Morgan fingerprint density at radius 3 is 2.81 bits per heavy atom. The molecule has 0 aromatic heterocycles. The number of benzene rings is 1. The Bertz CT molecular complexity index is 908. The van der Waals surface area contributed by atoms with Gasteiger partial charge in [0.05, 0.1) is 22.9 Å².